The van der Waals surface area contributed by atoms with Crippen molar-refractivity contribution in [3.8, 4) is 5.75 Å². The molecule has 31 heavy (non-hydrogen) atoms. The lowest BCUT2D eigenvalue weighted by molar-refractivity contribution is -0.148. The first-order valence-electron chi connectivity index (χ1n) is 11.3. The van der Waals surface area contributed by atoms with E-state index < -0.39 is 11.9 Å². The Kier molecular flexibility index (Phi) is 6.21. The van der Waals surface area contributed by atoms with Gasteiger partial charge in [-0.05, 0) is 80.9 Å². The van der Waals surface area contributed by atoms with Crippen LogP contribution in [0.4, 0.5) is 5.69 Å². The van der Waals surface area contributed by atoms with Gasteiger partial charge in [0.2, 0.25) is 5.91 Å². The van der Waals surface area contributed by atoms with E-state index in [9.17, 15) is 14.4 Å². The molecule has 2 N–H and O–H groups in total. The van der Waals surface area contributed by atoms with Crippen LogP contribution in [-0.2, 0) is 19.1 Å². The van der Waals surface area contributed by atoms with E-state index in [0.29, 0.717) is 29.2 Å². The zero-order chi connectivity index (χ0) is 22.0. The molecule has 5 rings (SSSR count). The lowest BCUT2D eigenvalue weighted by atomic mass is 9.49. The van der Waals surface area contributed by atoms with E-state index in [1.165, 1.54) is 26.4 Å². The molecular formula is C24H32N2O5. The second-order valence-electron chi connectivity index (χ2n) is 9.62. The Balaban J connectivity index is 1.18. The number of carbonyl (C=O) groups is 3. The van der Waals surface area contributed by atoms with E-state index in [0.717, 1.165) is 24.8 Å². The number of hydrogen-bond acceptors (Lipinski definition) is 5. The van der Waals surface area contributed by atoms with Crippen LogP contribution in [0.5, 0.6) is 5.75 Å². The normalized spacial score (nSPS) is 28.1. The van der Waals surface area contributed by atoms with Crippen LogP contribution in [0.25, 0.3) is 0 Å². The molecule has 0 heterocycles. The van der Waals surface area contributed by atoms with Gasteiger partial charge in [-0.25, -0.2) is 0 Å². The molecule has 4 bridgehead atoms. The first-order chi connectivity index (χ1) is 14.9. The number of ether oxygens (including phenoxy) is 2. The van der Waals surface area contributed by atoms with Crippen LogP contribution in [0, 0.1) is 30.1 Å². The Labute approximate surface area is 183 Å². The minimum atomic E-state index is -0.503. The molecule has 4 aliphatic carbocycles. The van der Waals surface area contributed by atoms with Crippen LogP contribution in [0.3, 0.4) is 0 Å². The maximum atomic E-state index is 12.9. The van der Waals surface area contributed by atoms with Crippen molar-refractivity contribution in [2.45, 2.75) is 51.9 Å². The van der Waals surface area contributed by atoms with Crippen molar-refractivity contribution in [3.05, 3.63) is 23.8 Å². The molecule has 0 radical (unpaired) electrons. The average molecular weight is 429 g/mol. The molecule has 0 unspecified atom stereocenters. The SMILES string of the molecule is COc1ccc(C)cc1NC(=O)COC(=O)CCNC(=O)C12CC3CC(CC(C3)C1)C2. The smallest absolute Gasteiger partial charge is 0.308 e. The summed E-state index contributed by atoms with van der Waals surface area (Å²) in [7, 11) is 1.53. The fourth-order valence-electron chi connectivity index (χ4n) is 6.18. The summed E-state index contributed by atoms with van der Waals surface area (Å²) in [4.78, 5) is 37.0. The highest BCUT2D eigenvalue weighted by molar-refractivity contribution is 5.94. The van der Waals surface area contributed by atoms with Crippen molar-refractivity contribution >= 4 is 23.5 Å². The molecule has 0 aromatic heterocycles. The third-order valence-corrected chi connectivity index (χ3v) is 7.13. The predicted molar refractivity (Wildman–Crippen MR) is 116 cm³/mol. The molecule has 0 saturated heterocycles. The second kappa shape index (κ2) is 8.89. The quantitative estimate of drug-likeness (QED) is 0.620. The van der Waals surface area contributed by atoms with Gasteiger partial charge in [-0.2, -0.15) is 0 Å². The van der Waals surface area contributed by atoms with Crippen LogP contribution in [-0.4, -0.2) is 38.0 Å². The first kappa shape index (κ1) is 21.7. The molecule has 0 aliphatic heterocycles. The number of anilines is 1. The minimum absolute atomic E-state index is 0.0547. The summed E-state index contributed by atoms with van der Waals surface area (Å²) in [6.07, 6.45) is 6.91. The molecule has 168 valence electrons. The molecular weight excluding hydrogens is 396 g/mol. The summed E-state index contributed by atoms with van der Waals surface area (Å²) in [5.41, 5.74) is 1.29. The molecule has 4 aliphatic rings. The van der Waals surface area contributed by atoms with Crippen molar-refractivity contribution in [3.63, 3.8) is 0 Å². The summed E-state index contributed by atoms with van der Waals surface area (Å²) < 4.78 is 10.3. The number of hydrogen-bond donors (Lipinski definition) is 2. The van der Waals surface area contributed by atoms with Crippen molar-refractivity contribution in [2.75, 3.05) is 25.6 Å². The zero-order valence-electron chi connectivity index (χ0n) is 18.4. The van der Waals surface area contributed by atoms with Crippen LogP contribution >= 0.6 is 0 Å². The first-order valence-corrected chi connectivity index (χ1v) is 11.3. The van der Waals surface area contributed by atoms with Crippen LogP contribution in [0.2, 0.25) is 0 Å². The van der Waals surface area contributed by atoms with Crippen LogP contribution in [0.1, 0.15) is 50.5 Å². The van der Waals surface area contributed by atoms with E-state index in [4.69, 9.17) is 9.47 Å². The highest BCUT2D eigenvalue weighted by Crippen LogP contribution is 2.60. The third-order valence-electron chi connectivity index (χ3n) is 7.13. The third kappa shape index (κ3) is 4.86. The van der Waals surface area contributed by atoms with E-state index in [-0.39, 0.29) is 30.9 Å². The Bertz CT molecular complexity index is 830. The molecule has 7 heteroatoms. The number of carbonyl (C=O) groups excluding carboxylic acids is 3. The van der Waals surface area contributed by atoms with E-state index in [1.54, 1.807) is 12.1 Å². The van der Waals surface area contributed by atoms with Gasteiger partial charge in [0.1, 0.15) is 5.75 Å². The predicted octanol–water partition coefficient (Wildman–Crippen LogP) is 3.21. The number of esters is 1. The zero-order valence-corrected chi connectivity index (χ0v) is 18.4. The molecule has 0 spiro atoms. The maximum Gasteiger partial charge on any atom is 0.308 e. The van der Waals surface area contributed by atoms with E-state index >= 15 is 0 Å². The Hall–Kier alpha value is -2.57. The lowest BCUT2D eigenvalue weighted by Crippen LogP contribution is -2.53. The standard InChI is InChI=1S/C24H32N2O5/c1-15-3-4-20(30-2)19(7-15)26-21(27)14-31-22(28)5-6-25-23(29)24-11-16-8-17(12-24)10-18(9-16)13-24/h3-4,7,16-18H,5-6,8-14H2,1-2H3,(H,25,29)(H,26,27). The molecule has 2 amide bonds. The summed E-state index contributed by atoms with van der Waals surface area (Å²) in [6.45, 7) is 1.78. The fourth-order valence-corrected chi connectivity index (χ4v) is 6.18. The number of nitrogens with one attached hydrogen (secondary N) is 2. The van der Waals surface area contributed by atoms with Gasteiger partial charge in [0, 0.05) is 12.0 Å². The molecule has 7 nitrogen and oxygen atoms in total. The topological polar surface area (TPSA) is 93.7 Å². The number of amides is 2. The summed E-state index contributed by atoms with van der Waals surface area (Å²) in [5.74, 6) is 1.81. The van der Waals surface area contributed by atoms with Gasteiger partial charge in [-0.1, -0.05) is 6.07 Å². The Morgan fingerprint density at radius 2 is 1.71 bits per heavy atom. The van der Waals surface area contributed by atoms with Gasteiger partial charge in [0.25, 0.3) is 5.91 Å². The van der Waals surface area contributed by atoms with Crippen molar-refractivity contribution in [1.82, 2.24) is 5.32 Å². The van der Waals surface area contributed by atoms with Gasteiger partial charge >= 0.3 is 5.97 Å². The highest BCUT2D eigenvalue weighted by Gasteiger charge is 2.54. The number of rotatable bonds is 8. The van der Waals surface area contributed by atoms with Crippen LogP contribution in [0.15, 0.2) is 18.2 Å². The summed E-state index contributed by atoms with van der Waals surface area (Å²) in [6, 6.07) is 5.44. The average Bonchev–Trinajstić information content (AvgIpc) is 2.71. The number of methoxy groups -OCH3 is 1. The van der Waals surface area contributed by atoms with Gasteiger partial charge in [0.15, 0.2) is 6.61 Å². The Morgan fingerprint density at radius 1 is 1.06 bits per heavy atom. The Morgan fingerprint density at radius 3 is 2.32 bits per heavy atom. The minimum Gasteiger partial charge on any atom is -0.495 e. The number of benzene rings is 1. The lowest BCUT2D eigenvalue weighted by Gasteiger charge is -2.55. The van der Waals surface area contributed by atoms with Gasteiger partial charge in [-0.3, -0.25) is 14.4 Å². The van der Waals surface area contributed by atoms with E-state index in [1.807, 2.05) is 13.0 Å². The van der Waals surface area contributed by atoms with Crippen molar-refractivity contribution < 1.29 is 23.9 Å². The molecule has 4 fully saturated rings. The molecule has 0 atom stereocenters. The van der Waals surface area contributed by atoms with Gasteiger partial charge < -0.3 is 20.1 Å². The van der Waals surface area contributed by atoms with E-state index in [2.05, 4.69) is 10.6 Å². The molecule has 1 aromatic rings. The number of aryl methyl sites for hydroxylation is 1. The fraction of sp³-hybridized carbons (Fsp3) is 0.625. The second-order valence-corrected chi connectivity index (χ2v) is 9.62. The largest absolute Gasteiger partial charge is 0.495 e. The molecule has 4 saturated carbocycles. The van der Waals surface area contributed by atoms with Crippen molar-refractivity contribution in [1.29, 1.82) is 0 Å². The monoisotopic (exact) mass is 428 g/mol. The highest BCUT2D eigenvalue weighted by atomic mass is 16.5. The van der Waals surface area contributed by atoms with Crippen molar-refractivity contribution in [2.24, 2.45) is 23.2 Å². The summed E-state index contributed by atoms with van der Waals surface area (Å²) >= 11 is 0. The molecule has 1 aromatic carbocycles. The van der Waals surface area contributed by atoms with Gasteiger partial charge in [0.05, 0.1) is 19.2 Å². The maximum absolute atomic E-state index is 12.9. The van der Waals surface area contributed by atoms with Gasteiger partial charge in [-0.15, -0.1) is 0 Å². The van der Waals surface area contributed by atoms with Crippen LogP contribution < -0.4 is 15.4 Å². The summed E-state index contributed by atoms with van der Waals surface area (Å²) in [5, 5.41) is 5.66.